The van der Waals surface area contributed by atoms with Crippen LogP contribution in [0.3, 0.4) is 0 Å². The van der Waals surface area contributed by atoms with Crippen molar-refractivity contribution in [3.8, 4) is 11.1 Å². The lowest BCUT2D eigenvalue weighted by Crippen LogP contribution is -2.28. The molecule has 0 radical (unpaired) electrons. The maximum Gasteiger partial charge on any atom is 0.0352 e. The van der Waals surface area contributed by atoms with Crippen LogP contribution in [0.1, 0.15) is 31.9 Å². The second-order valence-corrected chi connectivity index (χ2v) is 6.66. The number of pyridine rings is 1. The van der Waals surface area contributed by atoms with Gasteiger partial charge in [-0.2, -0.15) is 0 Å². The van der Waals surface area contributed by atoms with Gasteiger partial charge >= 0.3 is 0 Å². The summed E-state index contributed by atoms with van der Waals surface area (Å²) in [6, 6.07) is 14.8. The van der Waals surface area contributed by atoms with Crippen LogP contribution in [0.2, 0.25) is 0 Å². The van der Waals surface area contributed by atoms with Gasteiger partial charge < -0.3 is 5.73 Å². The number of allylic oxidation sites excluding steroid dienone is 1. The molecular formula is C21H22N2. The Labute approximate surface area is 137 Å². The normalized spacial score (nSPS) is 11.7. The van der Waals surface area contributed by atoms with Crippen LogP contribution in [0.25, 0.3) is 27.5 Å². The molecule has 3 rings (SSSR count). The summed E-state index contributed by atoms with van der Waals surface area (Å²) in [5, 5.41) is 2.32. The summed E-state index contributed by atoms with van der Waals surface area (Å²) >= 11 is 0. The highest BCUT2D eigenvalue weighted by Gasteiger charge is 2.15. The van der Waals surface area contributed by atoms with Crippen molar-refractivity contribution < 1.29 is 0 Å². The number of fused-ring (bicyclic) bond motifs is 1. The summed E-state index contributed by atoms with van der Waals surface area (Å²) in [5.74, 6) is 0. The van der Waals surface area contributed by atoms with Crippen molar-refractivity contribution in [2.45, 2.75) is 26.3 Å². The molecule has 0 unspecified atom stereocenters. The van der Waals surface area contributed by atoms with E-state index in [2.05, 4.69) is 61.0 Å². The van der Waals surface area contributed by atoms with Crippen LogP contribution in [-0.2, 0) is 5.54 Å². The van der Waals surface area contributed by atoms with Crippen LogP contribution in [0, 0.1) is 0 Å². The van der Waals surface area contributed by atoms with Crippen LogP contribution in [0.5, 0.6) is 0 Å². The first-order valence-corrected chi connectivity index (χ1v) is 7.80. The molecule has 2 heteroatoms. The Kier molecular flexibility index (Phi) is 3.78. The number of hydrogen-bond acceptors (Lipinski definition) is 2. The van der Waals surface area contributed by atoms with E-state index >= 15 is 0 Å². The van der Waals surface area contributed by atoms with E-state index in [0.29, 0.717) is 0 Å². The van der Waals surface area contributed by atoms with Gasteiger partial charge in [0.2, 0.25) is 0 Å². The first kappa shape index (κ1) is 15.4. The molecule has 0 bridgehead atoms. The third kappa shape index (κ3) is 2.90. The molecule has 2 aromatic carbocycles. The van der Waals surface area contributed by atoms with Gasteiger partial charge in [0.15, 0.2) is 0 Å². The number of rotatable bonds is 3. The Hall–Kier alpha value is -2.45. The Balaban J connectivity index is 2.20. The predicted molar refractivity (Wildman–Crippen MR) is 99.1 cm³/mol. The van der Waals surface area contributed by atoms with E-state index in [9.17, 15) is 0 Å². The molecule has 0 saturated carbocycles. The molecule has 0 saturated heterocycles. The Morgan fingerprint density at radius 3 is 2.35 bits per heavy atom. The number of benzene rings is 2. The molecule has 0 spiro atoms. The van der Waals surface area contributed by atoms with Gasteiger partial charge in [0, 0.05) is 23.3 Å². The van der Waals surface area contributed by atoms with E-state index in [-0.39, 0.29) is 5.54 Å². The van der Waals surface area contributed by atoms with Crippen molar-refractivity contribution in [2.75, 3.05) is 0 Å². The fourth-order valence-electron chi connectivity index (χ4n) is 2.95. The number of hydrogen-bond donors (Lipinski definition) is 1. The van der Waals surface area contributed by atoms with Crippen LogP contribution in [0.4, 0.5) is 0 Å². The standard InChI is InChI=1S/C21H22N2/c1-14(2)20-18(10-7-16-13-23-12-11-19(16)20)15-5-8-17(9-6-15)21(3,4)22/h5-13H,1,22H2,2-4H3. The van der Waals surface area contributed by atoms with Gasteiger partial charge in [0.1, 0.15) is 0 Å². The molecule has 1 aromatic heterocycles. The second kappa shape index (κ2) is 5.64. The molecule has 0 aliphatic heterocycles. The summed E-state index contributed by atoms with van der Waals surface area (Å²) < 4.78 is 0. The fourth-order valence-corrected chi connectivity index (χ4v) is 2.95. The van der Waals surface area contributed by atoms with E-state index in [1.807, 2.05) is 26.2 Å². The number of nitrogens with two attached hydrogens (primary N) is 1. The molecule has 1 heterocycles. The lowest BCUT2D eigenvalue weighted by molar-refractivity contribution is 0.554. The first-order chi connectivity index (χ1) is 10.9. The number of aromatic nitrogens is 1. The quantitative estimate of drug-likeness (QED) is 0.728. The zero-order valence-electron chi connectivity index (χ0n) is 13.9. The highest BCUT2D eigenvalue weighted by molar-refractivity contribution is 5.99. The minimum Gasteiger partial charge on any atom is -0.322 e. The van der Waals surface area contributed by atoms with Gasteiger partial charge in [-0.25, -0.2) is 0 Å². The summed E-state index contributed by atoms with van der Waals surface area (Å²) in [4.78, 5) is 4.21. The highest BCUT2D eigenvalue weighted by Crippen LogP contribution is 2.34. The largest absolute Gasteiger partial charge is 0.322 e. The zero-order chi connectivity index (χ0) is 16.6. The van der Waals surface area contributed by atoms with Gasteiger partial charge in [0.25, 0.3) is 0 Å². The second-order valence-electron chi connectivity index (χ2n) is 6.66. The summed E-state index contributed by atoms with van der Waals surface area (Å²) in [6.07, 6.45) is 3.73. The summed E-state index contributed by atoms with van der Waals surface area (Å²) in [7, 11) is 0. The molecule has 0 fully saturated rings. The van der Waals surface area contributed by atoms with E-state index < -0.39 is 0 Å². The fraction of sp³-hybridized carbons (Fsp3) is 0.190. The molecule has 2 N–H and O–H groups in total. The minimum atomic E-state index is -0.329. The lowest BCUT2D eigenvalue weighted by atomic mass is 9.89. The molecule has 116 valence electrons. The molecule has 3 aromatic rings. The summed E-state index contributed by atoms with van der Waals surface area (Å²) in [6.45, 7) is 10.3. The third-order valence-corrected chi connectivity index (χ3v) is 4.19. The average Bonchev–Trinajstić information content (AvgIpc) is 2.53. The van der Waals surface area contributed by atoms with E-state index in [0.717, 1.165) is 16.5 Å². The van der Waals surface area contributed by atoms with Gasteiger partial charge in [-0.05, 0) is 60.1 Å². The first-order valence-electron chi connectivity index (χ1n) is 7.80. The minimum absolute atomic E-state index is 0.329. The van der Waals surface area contributed by atoms with E-state index in [1.165, 1.54) is 22.1 Å². The van der Waals surface area contributed by atoms with Gasteiger partial charge in [-0.1, -0.05) is 43.0 Å². The molecule has 0 amide bonds. The Morgan fingerprint density at radius 1 is 1.04 bits per heavy atom. The van der Waals surface area contributed by atoms with Crippen LogP contribution in [-0.4, -0.2) is 4.98 Å². The molecule has 0 atom stereocenters. The van der Waals surface area contributed by atoms with Gasteiger partial charge in [-0.3, -0.25) is 4.98 Å². The zero-order valence-corrected chi connectivity index (χ0v) is 13.9. The lowest BCUT2D eigenvalue weighted by Gasteiger charge is -2.20. The van der Waals surface area contributed by atoms with Crippen LogP contribution >= 0.6 is 0 Å². The van der Waals surface area contributed by atoms with Gasteiger partial charge in [-0.15, -0.1) is 0 Å². The highest BCUT2D eigenvalue weighted by atomic mass is 14.7. The monoisotopic (exact) mass is 302 g/mol. The number of nitrogens with zero attached hydrogens (tertiary/aromatic N) is 1. The van der Waals surface area contributed by atoms with E-state index in [4.69, 9.17) is 5.73 Å². The van der Waals surface area contributed by atoms with Crippen LogP contribution < -0.4 is 5.73 Å². The van der Waals surface area contributed by atoms with Crippen molar-refractivity contribution in [3.05, 3.63) is 72.6 Å². The maximum absolute atomic E-state index is 6.18. The predicted octanol–water partition coefficient (Wildman–Crippen LogP) is 5.13. The maximum atomic E-state index is 6.18. The summed E-state index contributed by atoms with van der Waals surface area (Å²) in [5.41, 5.74) is 11.6. The Morgan fingerprint density at radius 2 is 1.74 bits per heavy atom. The Bertz CT molecular complexity index is 868. The molecule has 0 aliphatic rings. The van der Waals surface area contributed by atoms with Crippen LogP contribution in [0.15, 0.2) is 61.4 Å². The molecule has 23 heavy (non-hydrogen) atoms. The molecular weight excluding hydrogens is 280 g/mol. The molecule has 2 nitrogen and oxygen atoms in total. The van der Waals surface area contributed by atoms with E-state index in [1.54, 1.807) is 0 Å². The average molecular weight is 302 g/mol. The smallest absolute Gasteiger partial charge is 0.0352 e. The topological polar surface area (TPSA) is 38.9 Å². The SMILES string of the molecule is C=C(C)c1c(-c2ccc(C(C)(C)N)cc2)ccc2cnccc12. The van der Waals surface area contributed by atoms with Crippen molar-refractivity contribution >= 4 is 16.3 Å². The molecule has 0 aliphatic carbocycles. The van der Waals surface area contributed by atoms with Crippen molar-refractivity contribution in [2.24, 2.45) is 5.73 Å². The third-order valence-electron chi connectivity index (χ3n) is 4.19. The van der Waals surface area contributed by atoms with Crippen molar-refractivity contribution in [3.63, 3.8) is 0 Å². The van der Waals surface area contributed by atoms with Gasteiger partial charge in [0.05, 0.1) is 0 Å². The van der Waals surface area contributed by atoms with Crippen molar-refractivity contribution in [1.29, 1.82) is 0 Å². The van der Waals surface area contributed by atoms with Crippen molar-refractivity contribution in [1.82, 2.24) is 4.98 Å².